The molecule has 1 fully saturated rings. The lowest BCUT2D eigenvalue weighted by Gasteiger charge is -2.31. The molecule has 0 aromatic carbocycles. The molecule has 1 aliphatic rings. The van der Waals surface area contributed by atoms with E-state index >= 15 is 0 Å². The van der Waals surface area contributed by atoms with E-state index in [-0.39, 0.29) is 17.7 Å². The van der Waals surface area contributed by atoms with Crippen LogP contribution in [0.5, 0.6) is 0 Å². The fraction of sp³-hybridized carbons (Fsp3) is 0.667. The van der Waals surface area contributed by atoms with Crippen LogP contribution in [-0.4, -0.2) is 39.0 Å². The number of likely N-dealkylation sites (N-methyl/N-ethyl adjacent to an activating group) is 1. The molecule has 1 atom stereocenters. The Morgan fingerprint density at radius 1 is 1.53 bits per heavy atom. The minimum atomic E-state index is -3.58. The smallest absolute Gasteiger partial charge is 0.274 e. The summed E-state index contributed by atoms with van der Waals surface area (Å²) in [7, 11) is -3.58. The fourth-order valence-corrected chi connectivity index (χ4v) is 3.54. The molecule has 1 aliphatic heterocycles. The van der Waals surface area contributed by atoms with E-state index in [1.807, 2.05) is 0 Å². The van der Waals surface area contributed by atoms with Gasteiger partial charge in [0.15, 0.2) is 0 Å². The summed E-state index contributed by atoms with van der Waals surface area (Å²) in [6.07, 6.45) is 1.87. The maximum Gasteiger partial charge on any atom is 0.274 e. The quantitative estimate of drug-likeness (QED) is 0.823. The number of hydrogen-bond acceptors (Lipinski definition) is 5. The average molecular weight is 287 g/mol. The number of nitrogens with one attached hydrogen (secondary N) is 1. The van der Waals surface area contributed by atoms with Crippen LogP contribution in [0.2, 0.25) is 0 Å². The first-order valence-electron chi connectivity index (χ1n) is 6.58. The highest BCUT2D eigenvalue weighted by Crippen LogP contribution is 2.16. The minimum absolute atomic E-state index is 0.0508. The first-order chi connectivity index (χ1) is 9.05. The molecule has 3 N–H and O–H groups in total. The molecule has 0 saturated carbocycles. The maximum atomic E-state index is 12.2. The molecule has 108 valence electrons. The van der Waals surface area contributed by atoms with Crippen molar-refractivity contribution in [3.63, 3.8) is 0 Å². The second kappa shape index (κ2) is 6.04. The van der Waals surface area contributed by atoms with Crippen LogP contribution in [0.1, 0.15) is 25.5 Å². The Hall–Kier alpha value is -0.890. The zero-order chi connectivity index (χ0) is 13.9. The summed E-state index contributed by atoms with van der Waals surface area (Å²) in [5, 5.41) is -0.0541. The van der Waals surface area contributed by atoms with Crippen molar-refractivity contribution in [2.75, 3.05) is 19.6 Å². The monoisotopic (exact) mass is 287 g/mol. The van der Waals surface area contributed by atoms with E-state index in [4.69, 9.17) is 10.2 Å². The van der Waals surface area contributed by atoms with Gasteiger partial charge in [0.05, 0.1) is 6.54 Å². The number of hydrogen-bond donors (Lipinski definition) is 2. The van der Waals surface area contributed by atoms with Crippen molar-refractivity contribution in [1.82, 2.24) is 9.62 Å². The van der Waals surface area contributed by atoms with Gasteiger partial charge in [-0.2, -0.15) is 0 Å². The first-order valence-corrected chi connectivity index (χ1v) is 8.07. The van der Waals surface area contributed by atoms with Gasteiger partial charge in [-0.3, -0.25) is 0 Å². The van der Waals surface area contributed by atoms with Gasteiger partial charge in [0.1, 0.15) is 5.76 Å². The Kier molecular flexibility index (Phi) is 4.62. The van der Waals surface area contributed by atoms with Gasteiger partial charge in [0.2, 0.25) is 5.09 Å². The maximum absolute atomic E-state index is 12.2. The summed E-state index contributed by atoms with van der Waals surface area (Å²) in [6, 6.07) is 2.99. The normalized spacial score (nSPS) is 21.7. The fourth-order valence-electron chi connectivity index (χ4n) is 2.33. The van der Waals surface area contributed by atoms with E-state index in [2.05, 4.69) is 16.5 Å². The number of furan rings is 1. The molecule has 0 bridgehead atoms. The molecule has 2 rings (SSSR count). The summed E-state index contributed by atoms with van der Waals surface area (Å²) in [6.45, 7) is 5.00. The summed E-state index contributed by atoms with van der Waals surface area (Å²) in [4.78, 5) is 2.24. The van der Waals surface area contributed by atoms with E-state index < -0.39 is 10.0 Å². The van der Waals surface area contributed by atoms with E-state index in [0.717, 1.165) is 32.5 Å². The summed E-state index contributed by atoms with van der Waals surface area (Å²) in [5.74, 6) is 0.471. The zero-order valence-electron chi connectivity index (χ0n) is 11.1. The van der Waals surface area contributed by atoms with Crippen LogP contribution in [0.15, 0.2) is 21.6 Å². The van der Waals surface area contributed by atoms with Crippen molar-refractivity contribution >= 4 is 10.0 Å². The van der Waals surface area contributed by atoms with Crippen molar-refractivity contribution in [1.29, 1.82) is 0 Å². The Balaban J connectivity index is 2.04. The predicted molar refractivity (Wildman–Crippen MR) is 72.1 cm³/mol. The van der Waals surface area contributed by atoms with Crippen LogP contribution in [0.25, 0.3) is 0 Å². The SMILES string of the molecule is CCN1CCCC(NS(=O)(=O)c2ccc(CN)o2)C1. The van der Waals surface area contributed by atoms with Crippen LogP contribution >= 0.6 is 0 Å². The molecule has 0 spiro atoms. The van der Waals surface area contributed by atoms with Gasteiger partial charge >= 0.3 is 0 Å². The van der Waals surface area contributed by atoms with Gasteiger partial charge in [-0.1, -0.05) is 6.92 Å². The third-order valence-corrected chi connectivity index (χ3v) is 4.77. The molecular formula is C12H21N3O3S. The van der Waals surface area contributed by atoms with Crippen molar-refractivity contribution in [2.24, 2.45) is 5.73 Å². The average Bonchev–Trinajstić information content (AvgIpc) is 2.88. The highest BCUT2D eigenvalue weighted by Gasteiger charge is 2.26. The number of nitrogens with zero attached hydrogens (tertiary/aromatic N) is 1. The largest absolute Gasteiger partial charge is 0.447 e. The number of piperidine rings is 1. The van der Waals surface area contributed by atoms with Gasteiger partial charge in [-0.15, -0.1) is 0 Å². The molecule has 2 heterocycles. The summed E-state index contributed by atoms with van der Waals surface area (Å²) in [5.41, 5.74) is 5.41. The summed E-state index contributed by atoms with van der Waals surface area (Å²) >= 11 is 0. The molecule has 19 heavy (non-hydrogen) atoms. The van der Waals surface area contributed by atoms with E-state index in [9.17, 15) is 8.42 Å². The molecule has 1 saturated heterocycles. The van der Waals surface area contributed by atoms with E-state index in [1.165, 1.54) is 6.07 Å². The van der Waals surface area contributed by atoms with Crippen LogP contribution in [0, 0.1) is 0 Å². The second-order valence-electron chi connectivity index (χ2n) is 4.78. The number of likely N-dealkylation sites (tertiary alicyclic amines) is 1. The molecular weight excluding hydrogens is 266 g/mol. The van der Waals surface area contributed by atoms with Crippen LogP contribution < -0.4 is 10.5 Å². The predicted octanol–water partition coefficient (Wildman–Crippen LogP) is 0.501. The Bertz CT molecular complexity index is 512. The van der Waals surface area contributed by atoms with Gasteiger partial charge in [0, 0.05) is 12.6 Å². The van der Waals surface area contributed by atoms with Crippen molar-refractivity contribution < 1.29 is 12.8 Å². The van der Waals surface area contributed by atoms with Gasteiger partial charge in [-0.25, -0.2) is 13.1 Å². The number of nitrogens with two attached hydrogens (primary N) is 1. The van der Waals surface area contributed by atoms with Crippen molar-refractivity contribution in [3.05, 3.63) is 17.9 Å². The number of rotatable bonds is 5. The molecule has 1 unspecified atom stereocenters. The lowest BCUT2D eigenvalue weighted by Crippen LogP contribution is -2.47. The van der Waals surface area contributed by atoms with E-state index in [0.29, 0.717) is 5.76 Å². The van der Waals surface area contributed by atoms with Gasteiger partial charge in [0.25, 0.3) is 10.0 Å². The molecule has 6 nitrogen and oxygen atoms in total. The summed E-state index contributed by atoms with van der Waals surface area (Å²) < 4.78 is 32.2. The van der Waals surface area contributed by atoms with Crippen molar-refractivity contribution in [3.8, 4) is 0 Å². The van der Waals surface area contributed by atoms with E-state index in [1.54, 1.807) is 6.07 Å². The third-order valence-electron chi connectivity index (χ3n) is 3.38. The Morgan fingerprint density at radius 2 is 2.32 bits per heavy atom. The van der Waals surface area contributed by atoms with Gasteiger partial charge < -0.3 is 15.1 Å². The highest BCUT2D eigenvalue weighted by molar-refractivity contribution is 7.89. The zero-order valence-corrected chi connectivity index (χ0v) is 11.9. The Labute approximate surface area is 114 Å². The highest BCUT2D eigenvalue weighted by atomic mass is 32.2. The van der Waals surface area contributed by atoms with Crippen LogP contribution in [0.3, 0.4) is 0 Å². The molecule has 0 radical (unpaired) electrons. The standard InChI is InChI=1S/C12H21N3O3S/c1-2-15-7-3-4-10(9-15)14-19(16,17)12-6-5-11(8-13)18-12/h5-6,10,14H,2-4,7-9,13H2,1H3. The first kappa shape index (κ1) is 14.5. The molecule has 7 heteroatoms. The lowest BCUT2D eigenvalue weighted by molar-refractivity contribution is 0.211. The third kappa shape index (κ3) is 3.56. The molecule has 0 aliphatic carbocycles. The number of sulfonamides is 1. The minimum Gasteiger partial charge on any atom is -0.447 e. The van der Waals surface area contributed by atoms with Crippen LogP contribution in [0.4, 0.5) is 0 Å². The molecule has 1 aromatic heterocycles. The molecule has 1 aromatic rings. The Morgan fingerprint density at radius 3 is 2.95 bits per heavy atom. The topological polar surface area (TPSA) is 88.6 Å². The van der Waals surface area contributed by atoms with Gasteiger partial charge in [-0.05, 0) is 38.1 Å². The van der Waals surface area contributed by atoms with Crippen molar-refractivity contribution in [2.45, 2.75) is 37.4 Å². The second-order valence-corrected chi connectivity index (χ2v) is 6.42. The van der Waals surface area contributed by atoms with Crippen LogP contribution in [-0.2, 0) is 16.6 Å². The molecule has 0 amide bonds. The lowest BCUT2D eigenvalue weighted by atomic mass is 10.1.